The molecule has 2 rings (SSSR count). The van der Waals surface area contributed by atoms with E-state index < -0.39 is 0 Å². The maximum atomic E-state index is 11.9. The number of hydrogen-bond donors (Lipinski definition) is 1. The van der Waals surface area contributed by atoms with Crippen molar-refractivity contribution in [1.29, 1.82) is 0 Å². The summed E-state index contributed by atoms with van der Waals surface area (Å²) in [5, 5.41) is 5.41. The molecule has 2 heterocycles. The van der Waals surface area contributed by atoms with Crippen molar-refractivity contribution >= 4 is 58.0 Å². The highest BCUT2D eigenvalue weighted by molar-refractivity contribution is 8.01. The summed E-state index contributed by atoms with van der Waals surface area (Å²) in [7, 11) is 0. The van der Waals surface area contributed by atoms with E-state index in [1.54, 1.807) is 13.0 Å². The highest BCUT2D eigenvalue weighted by Gasteiger charge is 2.11. The molecular weight excluding hydrogens is 337 g/mol. The Bertz CT molecular complexity index is 646. The minimum absolute atomic E-state index is 0.182. The van der Waals surface area contributed by atoms with E-state index in [9.17, 15) is 4.79 Å². The Hall–Kier alpha value is -0.820. The van der Waals surface area contributed by atoms with Gasteiger partial charge in [-0.15, -0.1) is 11.3 Å². The van der Waals surface area contributed by atoms with Gasteiger partial charge in [0.2, 0.25) is 5.91 Å². The first-order valence-electron chi connectivity index (χ1n) is 5.63. The average molecular weight is 348 g/mol. The predicted molar refractivity (Wildman–Crippen MR) is 85.2 cm³/mol. The van der Waals surface area contributed by atoms with Crippen molar-refractivity contribution < 1.29 is 4.79 Å². The highest BCUT2D eigenvalue weighted by Crippen LogP contribution is 2.26. The van der Waals surface area contributed by atoms with Gasteiger partial charge < -0.3 is 5.32 Å². The molecule has 0 atom stereocenters. The second-order valence-corrected chi connectivity index (χ2v) is 6.87. The van der Waals surface area contributed by atoms with Gasteiger partial charge in [-0.1, -0.05) is 35.0 Å². The van der Waals surface area contributed by atoms with Gasteiger partial charge in [0.25, 0.3) is 0 Å². The first-order valence-corrected chi connectivity index (χ1v) is 8.25. The number of halogens is 2. The van der Waals surface area contributed by atoms with Crippen LogP contribution >= 0.6 is 46.3 Å². The smallest absolute Gasteiger partial charge is 0.236 e. The van der Waals surface area contributed by atoms with Crippen molar-refractivity contribution in [3.63, 3.8) is 0 Å². The Labute approximate surface area is 134 Å². The summed E-state index contributed by atoms with van der Waals surface area (Å²) < 4.78 is 0.865. The fourth-order valence-corrected chi connectivity index (χ4v) is 3.40. The van der Waals surface area contributed by atoms with Crippen molar-refractivity contribution in [3.05, 3.63) is 32.9 Å². The second-order valence-electron chi connectivity index (χ2n) is 3.98. The van der Waals surface area contributed by atoms with E-state index in [1.807, 2.05) is 12.3 Å². The molecule has 0 aliphatic rings. The van der Waals surface area contributed by atoms with Gasteiger partial charge in [0, 0.05) is 11.1 Å². The van der Waals surface area contributed by atoms with Crippen LogP contribution in [-0.4, -0.2) is 21.6 Å². The lowest BCUT2D eigenvalue weighted by molar-refractivity contribution is -0.113. The van der Waals surface area contributed by atoms with Gasteiger partial charge in [0.1, 0.15) is 0 Å². The number of carbonyl (C=O) groups is 1. The van der Waals surface area contributed by atoms with E-state index in [-0.39, 0.29) is 11.7 Å². The van der Waals surface area contributed by atoms with Crippen LogP contribution in [0.15, 0.2) is 15.8 Å². The van der Waals surface area contributed by atoms with Crippen molar-refractivity contribution in [3.8, 4) is 0 Å². The molecular formula is C12H11Cl2N3OS2. The molecule has 1 amide bonds. The molecule has 0 spiro atoms. The number of carbonyl (C=O) groups excluding carboxylic acids is 1. The van der Waals surface area contributed by atoms with E-state index in [0.717, 1.165) is 10.0 Å². The molecule has 0 aliphatic carbocycles. The van der Waals surface area contributed by atoms with E-state index >= 15 is 0 Å². The molecule has 2 aromatic rings. The first kappa shape index (κ1) is 15.6. The number of nitrogens with zero attached hydrogens (tertiary/aromatic N) is 2. The minimum Gasteiger partial charge on any atom is -0.309 e. The minimum atomic E-state index is -0.182. The van der Waals surface area contributed by atoms with Crippen molar-refractivity contribution in [2.45, 2.75) is 18.2 Å². The fraction of sp³-hybridized carbons (Fsp3) is 0.250. The molecule has 2 aromatic heterocycles. The molecule has 0 saturated carbocycles. The topological polar surface area (TPSA) is 54.9 Å². The Morgan fingerprint density at radius 1 is 1.35 bits per heavy atom. The number of amides is 1. The first-order chi connectivity index (χ1) is 9.45. The number of thioether (sulfide) groups is 1. The van der Waals surface area contributed by atoms with Gasteiger partial charge in [0.15, 0.2) is 10.2 Å². The van der Waals surface area contributed by atoms with Gasteiger partial charge in [-0.3, -0.25) is 4.79 Å². The van der Waals surface area contributed by atoms with Crippen LogP contribution in [0.25, 0.3) is 0 Å². The van der Waals surface area contributed by atoms with Crippen LogP contribution in [0.3, 0.4) is 0 Å². The molecule has 20 heavy (non-hydrogen) atoms. The molecule has 0 unspecified atom stereocenters. The van der Waals surface area contributed by atoms with E-state index in [2.05, 4.69) is 15.3 Å². The third-order valence-electron chi connectivity index (χ3n) is 2.29. The van der Waals surface area contributed by atoms with Gasteiger partial charge in [-0.05, 0) is 19.9 Å². The number of nitrogens with one attached hydrogen (secondary N) is 1. The Morgan fingerprint density at radius 2 is 2.10 bits per heavy atom. The number of rotatable bonds is 4. The summed E-state index contributed by atoms with van der Waals surface area (Å²) >= 11 is 14.8. The Balaban J connectivity index is 1.96. The normalized spacial score (nSPS) is 10.6. The molecule has 4 nitrogen and oxygen atoms in total. The monoisotopic (exact) mass is 347 g/mol. The summed E-state index contributed by atoms with van der Waals surface area (Å²) in [5.41, 5.74) is 1.57. The quantitative estimate of drug-likeness (QED) is 0.842. The lowest BCUT2D eigenvalue weighted by Crippen LogP contribution is -2.15. The summed E-state index contributed by atoms with van der Waals surface area (Å²) in [6.07, 6.45) is 0. The lowest BCUT2D eigenvalue weighted by Gasteiger charge is -2.07. The lowest BCUT2D eigenvalue weighted by atomic mass is 10.3. The number of aromatic nitrogens is 2. The maximum absolute atomic E-state index is 11.9. The third-order valence-corrected chi connectivity index (χ3v) is 5.10. The van der Waals surface area contributed by atoms with E-state index in [0.29, 0.717) is 21.6 Å². The van der Waals surface area contributed by atoms with Crippen molar-refractivity contribution in [2.75, 3.05) is 11.1 Å². The molecule has 8 heteroatoms. The molecule has 106 valence electrons. The maximum Gasteiger partial charge on any atom is 0.236 e. The summed E-state index contributed by atoms with van der Waals surface area (Å²) in [6.45, 7) is 3.67. The Morgan fingerprint density at radius 3 is 2.75 bits per heavy atom. The summed E-state index contributed by atoms with van der Waals surface area (Å²) in [4.78, 5) is 20.3. The van der Waals surface area contributed by atoms with Crippen LogP contribution in [0.1, 0.15) is 11.4 Å². The fourth-order valence-electron chi connectivity index (χ4n) is 1.34. The molecule has 1 N–H and O–H groups in total. The van der Waals surface area contributed by atoms with Gasteiger partial charge >= 0.3 is 0 Å². The zero-order chi connectivity index (χ0) is 14.7. The molecule has 0 fully saturated rings. The summed E-state index contributed by atoms with van der Waals surface area (Å²) in [6, 6.07) is 1.57. The largest absolute Gasteiger partial charge is 0.309 e. The summed E-state index contributed by atoms with van der Waals surface area (Å²) in [5.74, 6) is 0.403. The molecule has 0 radical (unpaired) electrons. The van der Waals surface area contributed by atoms with Crippen LogP contribution in [0.4, 0.5) is 5.82 Å². The van der Waals surface area contributed by atoms with Gasteiger partial charge in [-0.2, -0.15) is 0 Å². The van der Waals surface area contributed by atoms with E-state index in [1.165, 1.54) is 23.1 Å². The molecule has 0 aliphatic heterocycles. The third kappa shape index (κ3) is 4.09. The molecule has 0 saturated heterocycles. The van der Waals surface area contributed by atoms with Crippen molar-refractivity contribution in [1.82, 2.24) is 9.97 Å². The molecule has 0 bridgehead atoms. The van der Waals surface area contributed by atoms with Crippen LogP contribution < -0.4 is 5.32 Å². The molecule has 0 aromatic carbocycles. The van der Waals surface area contributed by atoms with Gasteiger partial charge in [-0.25, -0.2) is 9.97 Å². The number of thiazole rings is 1. The SMILES string of the molecule is Cc1csc(SCC(=O)Nc2nc(C)c(Cl)cc2Cl)n1. The zero-order valence-electron chi connectivity index (χ0n) is 10.7. The van der Waals surface area contributed by atoms with Crippen molar-refractivity contribution in [2.24, 2.45) is 0 Å². The van der Waals surface area contributed by atoms with Crippen LogP contribution in [0, 0.1) is 13.8 Å². The number of pyridine rings is 1. The van der Waals surface area contributed by atoms with E-state index in [4.69, 9.17) is 23.2 Å². The average Bonchev–Trinajstić information content (AvgIpc) is 2.79. The zero-order valence-corrected chi connectivity index (χ0v) is 13.9. The second kappa shape index (κ2) is 6.76. The van der Waals surface area contributed by atoms with Crippen LogP contribution in [0.5, 0.6) is 0 Å². The predicted octanol–water partition coefficient (Wildman–Crippen LogP) is 4.19. The number of aryl methyl sites for hydroxylation is 2. The van der Waals surface area contributed by atoms with Crippen LogP contribution in [0.2, 0.25) is 10.0 Å². The Kier molecular flexibility index (Phi) is 5.26. The van der Waals surface area contributed by atoms with Crippen LogP contribution in [-0.2, 0) is 4.79 Å². The van der Waals surface area contributed by atoms with Gasteiger partial charge in [0.05, 0.1) is 21.5 Å². The number of anilines is 1. The number of hydrogen-bond acceptors (Lipinski definition) is 5. The highest BCUT2D eigenvalue weighted by atomic mass is 35.5. The standard InChI is InChI=1S/C12H11Cl2N3OS2/c1-6-4-19-12(15-6)20-5-10(18)17-11-9(14)3-8(13)7(2)16-11/h3-4H,5H2,1-2H3,(H,16,17,18).